The SMILES string of the molecule is C=CCCc1ccc(OC(F)(F)c2ccc(OC)c(F)c2F)cc1. The van der Waals surface area contributed by atoms with E-state index >= 15 is 0 Å². The molecule has 0 aliphatic heterocycles. The fourth-order valence-electron chi connectivity index (χ4n) is 2.11. The Labute approximate surface area is 137 Å². The summed E-state index contributed by atoms with van der Waals surface area (Å²) < 4.78 is 64.8. The number of hydrogen-bond acceptors (Lipinski definition) is 2. The average Bonchev–Trinajstić information content (AvgIpc) is 2.56. The van der Waals surface area contributed by atoms with Crippen LogP contribution in [0.4, 0.5) is 17.6 Å². The molecule has 0 atom stereocenters. The van der Waals surface area contributed by atoms with Crippen molar-refractivity contribution in [1.82, 2.24) is 0 Å². The summed E-state index contributed by atoms with van der Waals surface area (Å²) in [6.07, 6.45) is -0.801. The van der Waals surface area contributed by atoms with Gasteiger partial charge in [-0.25, -0.2) is 4.39 Å². The van der Waals surface area contributed by atoms with Crippen LogP contribution in [0.3, 0.4) is 0 Å². The highest BCUT2D eigenvalue weighted by Gasteiger charge is 2.39. The van der Waals surface area contributed by atoms with E-state index in [9.17, 15) is 17.6 Å². The van der Waals surface area contributed by atoms with Crippen LogP contribution in [0.1, 0.15) is 17.5 Å². The number of rotatable bonds is 7. The van der Waals surface area contributed by atoms with Gasteiger partial charge in [0.15, 0.2) is 11.6 Å². The van der Waals surface area contributed by atoms with Crippen molar-refractivity contribution in [3.8, 4) is 11.5 Å². The molecule has 0 saturated carbocycles. The normalized spacial score (nSPS) is 11.2. The number of hydrogen-bond donors (Lipinski definition) is 0. The minimum atomic E-state index is -4.03. The predicted molar refractivity (Wildman–Crippen MR) is 82.4 cm³/mol. The lowest BCUT2D eigenvalue weighted by atomic mass is 10.1. The first kappa shape index (κ1) is 17.8. The molecule has 0 radical (unpaired) electrons. The van der Waals surface area contributed by atoms with Gasteiger partial charge < -0.3 is 9.47 Å². The van der Waals surface area contributed by atoms with Crippen LogP contribution in [0.2, 0.25) is 0 Å². The minimum Gasteiger partial charge on any atom is -0.494 e. The number of ether oxygens (including phenoxy) is 2. The molecule has 0 spiro atoms. The van der Waals surface area contributed by atoms with Gasteiger partial charge >= 0.3 is 6.11 Å². The fraction of sp³-hybridized carbons (Fsp3) is 0.222. The minimum absolute atomic E-state index is 0.155. The molecule has 0 bridgehead atoms. The number of benzene rings is 2. The van der Waals surface area contributed by atoms with Crippen molar-refractivity contribution in [1.29, 1.82) is 0 Å². The first-order chi connectivity index (χ1) is 11.4. The van der Waals surface area contributed by atoms with Crippen molar-refractivity contribution in [2.24, 2.45) is 0 Å². The fourth-order valence-corrected chi connectivity index (χ4v) is 2.11. The van der Waals surface area contributed by atoms with Gasteiger partial charge in [-0.2, -0.15) is 13.2 Å². The molecule has 0 saturated heterocycles. The van der Waals surface area contributed by atoms with Crippen molar-refractivity contribution in [2.45, 2.75) is 19.0 Å². The van der Waals surface area contributed by atoms with Gasteiger partial charge in [0.05, 0.1) is 7.11 Å². The topological polar surface area (TPSA) is 18.5 Å². The van der Waals surface area contributed by atoms with E-state index in [-0.39, 0.29) is 5.75 Å². The number of allylic oxidation sites excluding steroid dienone is 1. The highest BCUT2D eigenvalue weighted by atomic mass is 19.3. The van der Waals surface area contributed by atoms with Gasteiger partial charge in [0.2, 0.25) is 5.82 Å². The summed E-state index contributed by atoms with van der Waals surface area (Å²) >= 11 is 0. The van der Waals surface area contributed by atoms with E-state index < -0.39 is 29.1 Å². The van der Waals surface area contributed by atoms with Crippen LogP contribution >= 0.6 is 0 Å². The Morgan fingerprint density at radius 1 is 1.04 bits per heavy atom. The Balaban J connectivity index is 2.22. The molecule has 24 heavy (non-hydrogen) atoms. The van der Waals surface area contributed by atoms with Crippen molar-refractivity contribution in [3.05, 3.63) is 71.8 Å². The quantitative estimate of drug-likeness (QED) is 0.508. The molecule has 2 aromatic carbocycles. The molecule has 0 aromatic heterocycles. The molecular formula is C18H16F4O2. The van der Waals surface area contributed by atoms with E-state index in [2.05, 4.69) is 16.1 Å². The molecule has 2 nitrogen and oxygen atoms in total. The highest BCUT2D eigenvalue weighted by molar-refractivity contribution is 5.34. The number of alkyl halides is 2. The lowest BCUT2D eigenvalue weighted by Gasteiger charge is -2.19. The summed E-state index contributed by atoms with van der Waals surface area (Å²) in [5.41, 5.74) is -0.274. The molecule has 2 rings (SSSR count). The summed E-state index contributed by atoms with van der Waals surface area (Å²) in [5.74, 6) is -3.81. The van der Waals surface area contributed by atoms with Crippen LogP contribution in [0.5, 0.6) is 11.5 Å². The van der Waals surface area contributed by atoms with Crippen LogP contribution in [0, 0.1) is 11.6 Å². The Kier molecular flexibility index (Phi) is 5.49. The second-order valence-electron chi connectivity index (χ2n) is 5.03. The second-order valence-corrected chi connectivity index (χ2v) is 5.03. The van der Waals surface area contributed by atoms with Crippen molar-refractivity contribution < 1.29 is 27.0 Å². The predicted octanol–water partition coefficient (Wildman–Crippen LogP) is 5.22. The maximum absolute atomic E-state index is 14.1. The van der Waals surface area contributed by atoms with E-state index in [0.717, 1.165) is 37.6 Å². The Bertz CT molecular complexity index is 712. The molecule has 0 aliphatic rings. The second kappa shape index (κ2) is 7.38. The molecular weight excluding hydrogens is 324 g/mol. The van der Waals surface area contributed by atoms with Gasteiger partial charge in [-0.05, 0) is 42.7 Å². The first-order valence-corrected chi connectivity index (χ1v) is 7.18. The molecule has 0 N–H and O–H groups in total. The summed E-state index contributed by atoms with van der Waals surface area (Å²) in [4.78, 5) is 0. The van der Waals surface area contributed by atoms with Crippen molar-refractivity contribution in [3.63, 3.8) is 0 Å². The number of methoxy groups -OCH3 is 1. The summed E-state index contributed by atoms with van der Waals surface area (Å²) in [5, 5.41) is 0. The number of aryl methyl sites for hydroxylation is 1. The van der Waals surface area contributed by atoms with Crippen LogP contribution in [-0.2, 0) is 12.5 Å². The average molecular weight is 340 g/mol. The van der Waals surface area contributed by atoms with E-state index in [1.54, 1.807) is 18.2 Å². The summed E-state index contributed by atoms with van der Waals surface area (Å²) in [6, 6.07) is 7.60. The number of halogens is 4. The van der Waals surface area contributed by atoms with Crippen molar-refractivity contribution >= 4 is 0 Å². The lowest BCUT2D eigenvalue weighted by molar-refractivity contribution is -0.187. The van der Waals surface area contributed by atoms with Gasteiger partial charge in [0, 0.05) is 0 Å². The van der Waals surface area contributed by atoms with Gasteiger partial charge in [0.1, 0.15) is 11.3 Å². The van der Waals surface area contributed by atoms with E-state index in [4.69, 9.17) is 0 Å². The molecule has 6 heteroatoms. The third kappa shape index (κ3) is 3.88. The van der Waals surface area contributed by atoms with Crippen molar-refractivity contribution in [2.75, 3.05) is 7.11 Å². The largest absolute Gasteiger partial charge is 0.494 e. The Hall–Kier alpha value is -2.50. The lowest BCUT2D eigenvalue weighted by Crippen LogP contribution is -2.24. The van der Waals surface area contributed by atoms with Gasteiger partial charge in [-0.1, -0.05) is 18.2 Å². The molecule has 0 heterocycles. The molecule has 2 aromatic rings. The molecule has 128 valence electrons. The molecule has 0 fully saturated rings. The highest BCUT2D eigenvalue weighted by Crippen LogP contribution is 2.36. The zero-order valence-electron chi connectivity index (χ0n) is 13.0. The van der Waals surface area contributed by atoms with E-state index in [1.807, 2.05) is 0 Å². The summed E-state index contributed by atoms with van der Waals surface area (Å²) in [7, 11) is 1.11. The molecule has 0 unspecified atom stereocenters. The van der Waals surface area contributed by atoms with E-state index in [0.29, 0.717) is 0 Å². The van der Waals surface area contributed by atoms with Crippen LogP contribution in [-0.4, -0.2) is 7.11 Å². The maximum atomic E-state index is 14.1. The van der Waals surface area contributed by atoms with Gasteiger partial charge in [-0.3, -0.25) is 0 Å². The third-order valence-electron chi connectivity index (χ3n) is 3.39. The third-order valence-corrected chi connectivity index (χ3v) is 3.39. The Morgan fingerprint density at radius 2 is 1.71 bits per heavy atom. The maximum Gasteiger partial charge on any atom is 0.429 e. The van der Waals surface area contributed by atoms with E-state index in [1.165, 1.54) is 12.1 Å². The first-order valence-electron chi connectivity index (χ1n) is 7.18. The monoisotopic (exact) mass is 340 g/mol. The molecule has 0 aliphatic carbocycles. The summed E-state index contributed by atoms with van der Waals surface area (Å²) in [6.45, 7) is 3.60. The smallest absolute Gasteiger partial charge is 0.429 e. The zero-order chi connectivity index (χ0) is 17.7. The van der Waals surface area contributed by atoms with Crippen LogP contribution in [0.25, 0.3) is 0 Å². The van der Waals surface area contributed by atoms with Crippen LogP contribution in [0.15, 0.2) is 49.1 Å². The van der Waals surface area contributed by atoms with Crippen LogP contribution < -0.4 is 9.47 Å². The van der Waals surface area contributed by atoms with Gasteiger partial charge in [0.25, 0.3) is 0 Å². The Morgan fingerprint density at radius 3 is 2.29 bits per heavy atom. The standard InChI is InChI=1S/C18H16F4O2/c1-3-4-5-12-6-8-13(9-7-12)24-18(21,22)14-10-11-15(23-2)17(20)16(14)19/h3,6-11H,1,4-5H2,2H3. The molecule has 0 amide bonds. The van der Waals surface area contributed by atoms with Gasteiger partial charge in [-0.15, -0.1) is 6.58 Å². The zero-order valence-corrected chi connectivity index (χ0v) is 13.0.